The zero-order chi connectivity index (χ0) is 20.4. The second-order valence-electron chi connectivity index (χ2n) is 7.30. The highest BCUT2D eigenvalue weighted by Crippen LogP contribution is 2.32. The van der Waals surface area contributed by atoms with E-state index >= 15 is 0 Å². The van der Waals surface area contributed by atoms with E-state index in [2.05, 4.69) is 4.98 Å². The number of aromatic amines is 1. The number of nitrogens with zero attached hydrogens (tertiary/aromatic N) is 1. The summed E-state index contributed by atoms with van der Waals surface area (Å²) in [7, 11) is 1.34. The van der Waals surface area contributed by atoms with Gasteiger partial charge in [0.1, 0.15) is 11.9 Å². The maximum absolute atomic E-state index is 13.9. The monoisotopic (exact) mass is 394 g/mol. The molecule has 4 rings (SSSR count). The Balaban J connectivity index is 1.62. The van der Waals surface area contributed by atoms with E-state index in [0.29, 0.717) is 19.4 Å². The topological polar surface area (TPSA) is 62.4 Å². The first-order valence-corrected chi connectivity index (χ1v) is 9.81. The molecule has 0 bridgehead atoms. The van der Waals surface area contributed by atoms with Crippen molar-refractivity contribution in [1.29, 1.82) is 0 Å². The Kier molecular flexibility index (Phi) is 5.34. The molecule has 0 spiro atoms. The van der Waals surface area contributed by atoms with Crippen LogP contribution in [0.3, 0.4) is 0 Å². The number of halogens is 1. The van der Waals surface area contributed by atoms with Gasteiger partial charge in [0.05, 0.1) is 7.11 Å². The molecule has 6 heteroatoms. The lowest BCUT2D eigenvalue weighted by molar-refractivity contribution is -0.150. The van der Waals surface area contributed by atoms with Crippen molar-refractivity contribution in [2.75, 3.05) is 13.7 Å². The molecule has 0 radical (unpaired) electrons. The number of likely N-dealkylation sites (tertiary alicyclic amines) is 1. The van der Waals surface area contributed by atoms with Crippen molar-refractivity contribution in [3.8, 4) is 11.3 Å². The van der Waals surface area contributed by atoms with Gasteiger partial charge in [-0.2, -0.15) is 0 Å². The number of ether oxygens (including phenoxy) is 1. The molecule has 1 N–H and O–H groups in total. The maximum Gasteiger partial charge on any atom is 0.328 e. The lowest BCUT2D eigenvalue weighted by atomic mass is 10.0. The maximum atomic E-state index is 13.9. The lowest BCUT2D eigenvalue weighted by Crippen LogP contribution is -2.41. The van der Waals surface area contributed by atoms with Crippen molar-refractivity contribution in [3.05, 3.63) is 59.9 Å². The highest BCUT2D eigenvalue weighted by atomic mass is 19.1. The minimum atomic E-state index is -0.499. The summed E-state index contributed by atoms with van der Waals surface area (Å²) >= 11 is 0. The van der Waals surface area contributed by atoms with Crippen molar-refractivity contribution in [2.45, 2.75) is 31.7 Å². The van der Waals surface area contributed by atoms with Crippen molar-refractivity contribution in [3.63, 3.8) is 0 Å². The van der Waals surface area contributed by atoms with Crippen LogP contribution >= 0.6 is 0 Å². The van der Waals surface area contributed by atoms with Crippen LogP contribution in [0.2, 0.25) is 0 Å². The summed E-state index contributed by atoms with van der Waals surface area (Å²) in [6.45, 7) is 0.562. The number of aromatic nitrogens is 1. The quantitative estimate of drug-likeness (QED) is 0.664. The number of methoxy groups -OCH3 is 1. The number of hydrogen-bond donors (Lipinski definition) is 1. The van der Waals surface area contributed by atoms with Crippen molar-refractivity contribution in [1.82, 2.24) is 9.88 Å². The SMILES string of the molecule is COC(=O)C1CCCN1C(=O)CCc1c(-c2ccccc2)[nH]c2ccc(F)cc12. The third-order valence-corrected chi connectivity index (χ3v) is 5.57. The summed E-state index contributed by atoms with van der Waals surface area (Å²) in [5.74, 6) is -0.758. The molecule has 29 heavy (non-hydrogen) atoms. The van der Waals surface area contributed by atoms with E-state index in [0.717, 1.165) is 34.1 Å². The molecule has 5 nitrogen and oxygen atoms in total. The van der Waals surface area contributed by atoms with Gasteiger partial charge in [-0.1, -0.05) is 30.3 Å². The summed E-state index contributed by atoms with van der Waals surface area (Å²) in [6.07, 6.45) is 2.12. The zero-order valence-electron chi connectivity index (χ0n) is 16.3. The van der Waals surface area contributed by atoms with Crippen LogP contribution < -0.4 is 0 Å². The number of hydrogen-bond acceptors (Lipinski definition) is 3. The fourth-order valence-corrected chi connectivity index (χ4v) is 4.15. The number of carbonyl (C=O) groups is 2. The Morgan fingerprint density at radius 3 is 2.76 bits per heavy atom. The molecule has 1 unspecified atom stereocenters. The van der Waals surface area contributed by atoms with Gasteiger partial charge in [-0.3, -0.25) is 4.79 Å². The molecule has 1 saturated heterocycles. The minimum Gasteiger partial charge on any atom is -0.467 e. The normalized spacial score (nSPS) is 16.3. The number of rotatable bonds is 5. The van der Waals surface area contributed by atoms with Crippen LogP contribution in [-0.4, -0.2) is 41.5 Å². The molecular weight excluding hydrogens is 371 g/mol. The molecule has 1 aromatic heterocycles. The highest BCUT2D eigenvalue weighted by Gasteiger charge is 2.34. The third-order valence-electron chi connectivity index (χ3n) is 5.57. The van der Waals surface area contributed by atoms with Gasteiger partial charge >= 0.3 is 5.97 Å². The van der Waals surface area contributed by atoms with Crippen molar-refractivity contribution < 1.29 is 18.7 Å². The van der Waals surface area contributed by atoms with Gasteiger partial charge in [0.2, 0.25) is 5.91 Å². The number of fused-ring (bicyclic) bond motifs is 1. The number of amides is 1. The molecule has 0 saturated carbocycles. The Labute approximate surface area is 168 Å². The zero-order valence-corrected chi connectivity index (χ0v) is 16.3. The first-order valence-electron chi connectivity index (χ1n) is 9.81. The van der Waals surface area contributed by atoms with E-state index in [9.17, 15) is 14.0 Å². The Hall–Kier alpha value is -3.15. The Morgan fingerprint density at radius 2 is 2.00 bits per heavy atom. The van der Waals surface area contributed by atoms with Crippen LogP contribution in [0.1, 0.15) is 24.8 Å². The van der Waals surface area contributed by atoms with Crippen LogP contribution in [0.4, 0.5) is 4.39 Å². The predicted octanol–water partition coefficient (Wildman–Crippen LogP) is 4.07. The van der Waals surface area contributed by atoms with Crippen LogP contribution in [-0.2, 0) is 20.7 Å². The van der Waals surface area contributed by atoms with Gasteiger partial charge in [-0.05, 0) is 48.6 Å². The number of benzene rings is 2. The Morgan fingerprint density at radius 1 is 1.21 bits per heavy atom. The molecule has 2 aromatic carbocycles. The van der Waals surface area contributed by atoms with Gasteiger partial charge in [0, 0.05) is 29.6 Å². The third kappa shape index (κ3) is 3.75. The highest BCUT2D eigenvalue weighted by molar-refractivity contribution is 5.92. The average Bonchev–Trinajstić information content (AvgIpc) is 3.37. The fraction of sp³-hybridized carbons (Fsp3) is 0.304. The van der Waals surface area contributed by atoms with Crippen LogP contribution in [0, 0.1) is 5.82 Å². The summed E-state index contributed by atoms with van der Waals surface area (Å²) in [5.41, 5.74) is 3.62. The van der Waals surface area contributed by atoms with Gasteiger partial charge < -0.3 is 14.6 Å². The van der Waals surface area contributed by atoms with Crippen LogP contribution in [0.25, 0.3) is 22.2 Å². The van der Waals surface area contributed by atoms with Crippen LogP contribution in [0.5, 0.6) is 0 Å². The summed E-state index contributed by atoms with van der Waals surface area (Å²) < 4.78 is 18.7. The molecular formula is C23H23FN2O3. The van der Waals surface area contributed by atoms with Crippen molar-refractivity contribution >= 4 is 22.8 Å². The first-order chi connectivity index (χ1) is 14.1. The van der Waals surface area contributed by atoms with E-state index in [4.69, 9.17) is 4.74 Å². The molecule has 3 aromatic rings. The van der Waals surface area contributed by atoms with E-state index in [-0.39, 0.29) is 24.1 Å². The van der Waals surface area contributed by atoms with E-state index in [1.165, 1.54) is 19.2 Å². The second kappa shape index (κ2) is 8.07. The number of esters is 1. The predicted molar refractivity (Wildman–Crippen MR) is 109 cm³/mol. The number of aryl methyl sites for hydroxylation is 1. The van der Waals surface area contributed by atoms with E-state index in [1.807, 2.05) is 30.3 Å². The minimum absolute atomic E-state index is 0.0809. The molecule has 1 aliphatic rings. The molecule has 1 aliphatic heterocycles. The molecule has 2 heterocycles. The smallest absolute Gasteiger partial charge is 0.328 e. The number of nitrogens with one attached hydrogen (secondary N) is 1. The molecule has 1 amide bonds. The summed E-state index contributed by atoms with van der Waals surface area (Å²) in [5, 5.41) is 0.780. The molecule has 1 fully saturated rings. The Bertz CT molecular complexity index is 1040. The van der Waals surface area contributed by atoms with E-state index < -0.39 is 6.04 Å². The molecule has 0 aliphatic carbocycles. The van der Waals surface area contributed by atoms with Crippen molar-refractivity contribution in [2.24, 2.45) is 0 Å². The summed E-state index contributed by atoms with van der Waals surface area (Å²) in [6, 6.07) is 14.0. The number of H-pyrrole nitrogens is 1. The van der Waals surface area contributed by atoms with Crippen LogP contribution in [0.15, 0.2) is 48.5 Å². The van der Waals surface area contributed by atoms with Gasteiger partial charge in [-0.25, -0.2) is 9.18 Å². The summed E-state index contributed by atoms with van der Waals surface area (Å²) in [4.78, 5) is 29.8. The second-order valence-corrected chi connectivity index (χ2v) is 7.30. The lowest BCUT2D eigenvalue weighted by Gasteiger charge is -2.22. The fourth-order valence-electron chi connectivity index (χ4n) is 4.15. The van der Waals surface area contributed by atoms with E-state index in [1.54, 1.807) is 11.0 Å². The van der Waals surface area contributed by atoms with Gasteiger partial charge in [0.15, 0.2) is 0 Å². The largest absolute Gasteiger partial charge is 0.467 e. The molecule has 1 atom stereocenters. The first kappa shape index (κ1) is 19.2. The number of carbonyl (C=O) groups excluding carboxylic acids is 2. The van der Waals surface area contributed by atoms with Gasteiger partial charge in [0.25, 0.3) is 0 Å². The van der Waals surface area contributed by atoms with Gasteiger partial charge in [-0.15, -0.1) is 0 Å². The standard InChI is InChI=1S/C23H23FN2O3/c1-29-23(28)20-8-5-13-26(20)21(27)12-10-17-18-14-16(24)9-11-19(18)25-22(17)15-6-3-2-4-7-15/h2-4,6-7,9,11,14,20,25H,5,8,10,12-13H2,1H3. The molecule has 150 valence electrons. The average molecular weight is 394 g/mol.